The molecule has 0 spiro atoms. The van der Waals surface area contributed by atoms with E-state index in [9.17, 15) is 9.90 Å². The highest BCUT2D eigenvalue weighted by Crippen LogP contribution is 2.49. The van der Waals surface area contributed by atoms with Crippen molar-refractivity contribution in [2.75, 3.05) is 11.4 Å². The SMILES string of the molecule is [C-]#[N+]c1cc2c(cc1Br)N(CC)C(=C=Cc1sc(=S)n(CC(=O)O)c1O)S2. The fraction of sp³-hybridized carbons (Fsp3) is 0.176. The van der Waals surface area contributed by atoms with Crippen molar-refractivity contribution in [1.82, 2.24) is 4.57 Å². The van der Waals surface area contributed by atoms with Gasteiger partial charge in [0.05, 0.1) is 17.1 Å². The van der Waals surface area contributed by atoms with Gasteiger partial charge in [0.15, 0.2) is 3.95 Å². The third-order valence-corrected chi connectivity index (χ3v) is 6.82. The first-order chi connectivity index (χ1) is 12.8. The van der Waals surface area contributed by atoms with E-state index in [0.29, 0.717) is 17.1 Å². The van der Waals surface area contributed by atoms with E-state index in [1.807, 2.05) is 19.1 Å². The predicted octanol–water partition coefficient (Wildman–Crippen LogP) is 5.47. The van der Waals surface area contributed by atoms with Crippen LogP contribution in [0.4, 0.5) is 11.4 Å². The van der Waals surface area contributed by atoms with Crippen molar-refractivity contribution in [3.8, 4) is 5.88 Å². The van der Waals surface area contributed by atoms with Crippen molar-refractivity contribution in [3.05, 3.63) is 47.6 Å². The number of carboxylic acid groups (broad SMARTS) is 1. The normalized spacial score (nSPS) is 12.5. The lowest BCUT2D eigenvalue weighted by molar-refractivity contribution is -0.137. The fourth-order valence-electron chi connectivity index (χ4n) is 2.51. The summed E-state index contributed by atoms with van der Waals surface area (Å²) < 4.78 is 2.20. The standard InChI is InChI=1S/C17H12BrN3O3S3/c1-3-20-11-6-9(18)10(19-2)7-13(11)26-14(20)5-4-12-16(24)21(8-15(22)23)17(25)27-12/h4,6-7,24H,3,8H2,1H3,(H,22,23). The predicted molar refractivity (Wildman–Crippen MR) is 113 cm³/mol. The van der Waals surface area contributed by atoms with Gasteiger partial charge in [-0.1, -0.05) is 33.4 Å². The Balaban J connectivity index is 2.02. The highest BCUT2D eigenvalue weighted by atomic mass is 79.9. The van der Waals surface area contributed by atoms with Crippen LogP contribution >= 0.6 is 51.2 Å². The van der Waals surface area contributed by atoms with E-state index in [4.69, 9.17) is 23.9 Å². The lowest BCUT2D eigenvalue weighted by atomic mass is 10.2. The number of aromatic nitrogens is 1. The second-order valence-corrected chi connectivity index (χ2v) is 8.92. The maximum Gasteiger partial charge on any atom is 0.323 e. The molecule has 2 aromatic rings. The van der Waals surface area contributed by atoms with Crippen molar-refractivity contribution in [2.45, 2.75) is 18.4 Å². The quantitative estimate of drug-likeness (QED) is 0.342. The van der Waals surface area contributed by atoms with Gasteiger partial charge in [-0.05, 0) is 31.3 Å². The third kappa shape index (κ3) is 3.83. The zero-order chi connectivity index (χ0) is 19.7. The van der Waals surface area contributed by atoms with Gasteiger partial charge in [0.25, 0.3) is 0 Å². The molecule has 0 bridgehead atoms. The van der Waals surface area contributed by atoms with Gasteiger partial charge < -0.3 is 15.1 Å². The topological polar surface area (TPSA) is 70.1 Å². The van der Waals surface area contributed by atoms with Crippen LogP contribution in [0.3, 0.4) is 0 Å². The summed E-state index contributed by atoms with van der Waals surface area (Å²) in [6, 6.07) is 3.75. The summed E-state index contributed by atoms with van der Waals surface area (Å²) in [5.74, 6) is -1.25. The van der Waals surface area contributed by atoms with Gasteiger partial charge in [-0.15, -0.1) is 11.3 Å². The van der Waals surface area contributed by atoms with Gasteiger partial charge in [-0.25, -0.2) is 4.85 Å². The van der Waals surface area contributed by atoms with Crippen LogP contribution in [-0.4, -0.2) is 27.3 Å². The van der Waals surface area contributed by atoms with Crippen LogP contribution in [-0.2, 0) is 11.3 Å². The molecule has 0 radical (unpaired) electrons. The molecule has 0 amide bonds. The van der Waals surface area contributed by atoms with E-state index in [1.54, 1.807) is 6.08 Å². The first kappa shape index (κ1) is 19.7. The van der Waals surface area contributed by atoms with Gasteiger partial charge >= 0.3 is 5.97 Å². The molecule has 2 N–H and O–H groups in total. The third-order valence-electron chi connectivity index (χ3n) is 3.72. The first-order valence-electron chi connectivity index (χ1n) is 7.63. The molecule has 0 saturated heterocycles. The van der Waals surface area contributed by atoms with Crippen LogP contribution in [0.1, 0.15) is 11.8 Å². The summed E-state index contributed by atoms with van der Waals surface area (Å²) in [6.07, 6.45) is 1.61. The minimum atomic E-state index is -1.08. The van der Waals surface area contributed by atoms with Gasteiger partial charge in [0.2, 0.25) is 11.6 Å². The molecule has 0 unspecified atom stereocenters. The Kier molecular flexibility index (Phi) is 5.79. The zero-order valence-electron chi connectivity index (χ0n) is 13.9. The minimum Gasteiger partial charge on any atom is -0.493 e. The smallest absolute Gasteiger partial charge is 0.323 e. The maximum absolute atomic E-state index is 10.9. The Morgan fingerprint density at radius 1 is 1.52 bits per heavy atom. The largest absolute Gasteiger partial charge is 0.493 e. The molecule has 0 atom stereocenters. The number of rotatable bonds is 4. The number of carbonyl (C=O) groups is 1. The number of hydrogen-bond acceptors (Lipinski definition) is 6. The van der Waals surface area contributed by atoms with E-state index in [-0.39, 0.29) is 16.4 Å². The molecule has 1 aliphatic rings. The van der Waals surface area contributed by atoms with Gasteiger partial charge in [-0.3, -0.25) is 9.36 Å². The Hall–Kier alpha value is -2.02. The summed E-state index contributed by atoms with van der Waals surface area (Å²) in [5, 5.41) is 20.0. The van der Waals surface area contributed by atoms with Gasteiger partial charge in [0, 0.05) is 22.0 Å². The van der Waals surface area contributed by atoms with E-state index < -0.39 is 5.97 Å². The fourth-order valence-corrected chi connectivity index (χ4v) is 5.23. The second kappa shape index (κ2) is 7.92. The Labute approximate surface area is 177 Å². The molecule has 10 heteroatoms. The summed E-state index contributed by atoms with van der Waals surface area (Å²) >= 11 is 11.2. The van der Waals surface area contributed by atoms with E-state index in [0.717, 1.165) is 31.4 Å². The second-order valence-electron chi connectivity index (χ2n) is 5.36. The molecule has 1 aliphatic heterocycles. The van der Waals surface area contributed by atoms with Crippen LogP contribution < -0.4 is 4.90 Å². The Morgan fingerprint density at radius 3 is 2.89 bits per heavy atom. The van der Waals surface area contributed by atoms with Gasteiger partial charge in [0.1, 0.15) is 11.6 Å². The summed E-state index contributed by atoms with van der Waals surface area (Å²) in [5.41, 5.74) is 4.70. The van der Waals surface area contributed by atoms with Crippen molar-refractivity contribution < 1.29 is 15.0 Å². The highest BCUT2D eigenvalue weighted by Gasteiger charge is 2.25. The summed E-state index contributed by atoms with van der Waals surface area (Å²) in [7, 11) is 0. The van der Waals surface area contributed by atoms with E-state index >= 15 is 0 Å². The molecule has 6 nitrogen and oxygen atoms in total. The van der Waals surface area contributed by atoms with Crippen molar-refractivity contribution in [1.29, 1.82) is 0 Å². The van der Waals surface area contributed by atoms with E-state index in [1.165, 1.54) is 16.3 Å². The van der Waals surface area contributed by atoms with Crippen LogP contribution in [0.2, 0.25) is 0 Å². The molecule has 0 fully saturated rings. The molecule has 0 saturated carbocycles. The lowest BCUT2D eigenvalue weighted by Gasteiger charge is -2.16. The molecular weight excluding hydrogens is 470 g/mol. The average Bonchev–Trinajstić information content (AvgIpc) is 3.09. The number of nitrogens with zero attached hydrogens (tertiary/aromatic N) is 3. The van der Waals surface area contributed by atoms with Crippen molar-refractivity contribution in [3.63, 3.8) is 0 Å². The van der Waals surface area contributed by atoms with Crippen LogP contribution in [0.5, 0.6) is 5.88 Å². The molecule has 3 rings (SSSR count). The van der Waals surface area contributed by atoms with Crippen molar-refractivity contribution >= 4 is 74.7 Å². The van der Waals surface area contributed by atoms with Gasteiger partial charge in [-0.2, -0.15) is 0 Å². The van der Waals surface area contributed by atoms with Crippen LogP contribution in [0, 0.1) is 10.5 Å². The minimum absolute atomic E-state index is 0.179. The number of hydrogen-bond donors (Lipinski definition) is 2. The molecule has 27 heavy (non-hydrogen) atoms. The lowest BCUT2D eigenvalue weighted by Crippen LogP contribution is -2.15. The number of fused-ring (bicyclic) bond motifs is 1. The summed E-state index contributed by atoms with van der Waals surface area (Å²) in [4.78, 5) is 17.9. The number of aromatic hydroxyl groups is 1. The monoisotopic (exact) mass is 481 g/mol. The number of halogens is 1. The van der Waals surface area contributed by atoms with E-state index in [2.05, 4.69) is 31.4 Å². The summed E-state index contributed by atoms with van der Waals surface area (Å²) in [6.45, 7) is 9.58. The first-order valence-corrected chi connectivity index (χ1v) is 10.5. The molecular formula is C17H12BrN3O3S3. The molecule has 2 heterocycles. The maximum atomic E-state index is 10.9. The number of thioether (sulfide) groups is 1. The molecule has 1 aromatic heterocycles. The number of aliphatic carboxylic acids is 1. The average molecular weight is 482 g/mol. The number of carboxylic acids is 1. The number of benzene rings is 1. The van der Waals surface area contributed by atoms with Crippen molar-refractivity contribution in [2.24, 2.45) is 0 Å². The Bertz CT molecular complexity index is 1110. The van der Waals surface area contributed by atoms with Crippen LogP contribution in [0.15, 0.2) is 32.3 Å². The molecule has 138 valence electrons. The number of thiazole rings is 1. The zero-order valence-corrected chi connectivity index (χ0v) is 17.9. The highest BCUT2D eigenvalue weighted by molar-refractivity contribution is 9.10. The number of anilines is 1. The molecule has 0 aliphatic carbocycles. The Morgan fingerprint density at radius 2 is 2.26 bits per heavy atom. The molecule has 1 aromatic carbocycles. The van der Waals surface area contributed by atoms with Crippen LogP contribution in [0.25, 0.3) is 10.9 Å².